The number of benzene rings is 1. The Balaban J connectivity index is 2.43. The molecule has 86 valence electrons. The van der Waals surface area contributed by atoms with Crippen LogP contribution in [0.3, 0.4) is 0 Å². The van der Waals surface area contributed by atoms with Crippen molar-refractivity contribution in [3.8, 4) is 12.3 Å². The number of para-hydroxylation sites is 1. The second kappa shape index (κ2) is 5.44. The van der Waals surface area contributed by atoms with Gasteiger partial charge in [0.2, 0.25) is 0 Å². The van der Waals surface area contributed by atoms with Gasteiger partial charge in [-0.1, -0.05) is 30.2 Å². The lowest BCUT2D eigenvalue weighted by atomic mass is 10.0. The molecule has 0 saturated heterocycles. The van der Waals surface area contributed by atoms with Crippen molar-refractivity contribution in [1.29, 1.82) is 0 Å². The monoisotopic (exact) mass is 225 g/mol. The molecule has 3 N–H and O–H groups in total. The van der Waals surface area contributed by atoms with E-state index in [2.05, 4.69) is 16.2 Å². The van der Waals surface area contributed by atoms with E-state index >= 15 is 0 Å². The second-order valence-corrected chi connectivity index (χ2v) is 3.80. The molecule has 0 aliphatic rings. The molecule has 1 atom stereocenters. The highest BCUT2D eigenvalue weighted by molar-refractivity contribution is 5.82. The van der Waals surface area contributed by atoms with Crippen LogP contribution in [0.25, 0.3) is 10.9 Å². The SMILES string of the molecule is C#CCNC(CN)c1cccc2cccnc12. The van der Waals surface area contributed by atoms with Gasteiger partial charge >= 0.3 is 0 Å². The molecule has 3 heteroatoms. The number of fused-ring (bicyclic) bond motifs is 1. The van der Waals surface area contributed by atoms with Crippen LogP contribution in [0.5, 0.6) is 0 Å². The zero-order chi connectivity index (χ0) is 12.1. The molecule has 3 nitrogen and oxygen atoms in total. The van der Waals surface area contributed by atoms with Crippen molar-refractivity contribution >= 4 is 10.9 Å². The molecule has 17 heavy (non-hydrogen) atoms. The highest BCUT2D eigenvalue weighted by Gasteiger charge is 2.12. The highest BCUT2D eigenvalue weighted by atomic mass is 14.9. The number of hydrogen-bond donors (Lipinski definition) is 2. The van der Waals surface area contributed by atoms with Gasteiger partial charge in [0.05, 0.1) is 12.1 Å². The molecule has 1 unspecified atom stereocenters. The fourth-order valence-corrected chi connectivity index (χ4v) is 1.91. The summed E-state index contributed by atoms with van der Waals surface area (Å²) in [6.07, 6.45) is 7.05. The summed E-state index contributed by atoms with van der Waals surface area (Å²) in [6, 6.07) is 10.1. The Morgan fingerprint density at radius 2 is 2.18 bits per heavy atom. The van der Waals surface area contributed by atoms with Gasteiger partial charge in [-0.3, -0.25) is 10.3 Å². The first-order chi connectivity index (χ1) is 8.36. The Kier molecular flexibility index (Phi) is 3.71. The van der Waals surface area contributed by atoms with Crippen molar-refractivity contribution in [3.63, 3.8) is 0 Å². The summed E-state index contributed by atoms with van der Waals surface area (Å²) in [6.45, 7) is 1.00. The van der Waals surface area contributed by atoms with Gasteiger partial charge < -0.3 is 5.73 Å². The molecule has 0 amide bonds. The topological polar surface area (TPSA) is 50.9 Å². The van der Waals surface area contributed by atoms with Gasteiger partial charge in [0.15, 0.2) is 0 Å². The van der Waals surface area contributed by atoms with Crippen LogP contribution < -0.4 is 11.1 Å². The zero-order valence-electron chi connectivity index (χ0n) is 9.56. The zero-order valence-corrected chi connectivity index (χ0v) is 9.56. The number of rotatable bonds is 4. The van der Waals surface area contributed by atoms with Crippen LogP contribution in [0, 0.1) is 12.3 Å². The molecular weight excluding hydrogens is 210 g/mol. The summed E-state index contributed by atoms with van der Waals surface area (Å²) in [4.78, 5) is 4.41. The lowest BCUT2D eigenvalue weighted by Gasteiger charge is -2.17. The Bertz CT molecular complexity index is 537. The average Bonchev–Trinajstić information content (AvgIpc) is 2.40. The fraction of sp³-hybridized carbons (Fsp3) is 0.214. The molecule has 0 saturated carbocycles. The van der Waals surface area contributed by atoms with Crippen molar-refractivity contribution in [2.45, 2.75) is 6.04 Å². The minimum atomic E-state index is 0.0460. The molecule has 0 aliphatic carbocycles. The van der Waals surface area contributed by atoms with E-state index in [0.29, 0.717) is 13.1 Å². The van der Waals surface area contributed by atoms with Crippen LogP contribution in [-0.4, -0.2) is 18.1 Å². The number of pyridine rings is 1. The third-order valence-corrected chi connectivity index (χ3v) is 2.73. The van der Waals surface area contributed by atoms with E-state index < -0.39 is 0 Å². The number of nitrogens with one attached hydrogen (secondary N) is 1. The van der Waals surface area contributed by atoms with E-state index in [-0.39, 0.29) is 6.04 Å². The maximum atomic E-state index is 5.78. The summed E-state index contributed by atoms with van der Waals surface area (Å²) in [5.74, 6) is 2.56. The smallest absolute Gasteiger partial charge is 0.0750 e. The summed E-state index contributed by atoms with van der Waals surface area (Å²) < 4.78 is 0. The van der Waals surface area contributed by atoms with Crippen LogP contribution in [0.15, 0.2) is 36.5 Å². The maximum Gasteiger partial charge on any atom is 0.0750 e. The first-order valence-corrected chi connectivity index (χ1v) is 5.57. The van der Waals surface area contributed by atoms with Crippen LogP contribution in [0.4, 0.5) is 0 Å². The lowest BCUT2D eigenvalue weighted by Crippen LogP contribution is -2.28. The molecule has 1 aromatic carbocycles. The van der Waals surface area contributed by atoms with Gasteiger partial charge in [-0.2, -0.15) is 0 Å². The highest BCUT2D eigenvalue weighted by Crippen LogP contribution is 2.21. The van der Waals surface area contributed by atoms with Gasteiger partial charge in [-0.25, -0.2) is 0 Å². The van der Waals surface area contributed by atoms with E-state index in [1.54, 1.807) is 6.20 Å². The molecule has 0 radical (unpaired) electrons. The standard InChI is InChI=1S/C14H15N3/c1-2-8-16-13(10-15)12-7-3-5-11-6-4-9-17-14(11)12/h1,3-7,9,13,16H,8,10,15H2. The minimum absolute atomic E-state index is 0.0460. The largest absolute Gasteiger partial charge is 0.329 e. The predicted molar refractivity (Wildman–Crippen MR) is 70.4 cm³/mol. The molecular formula is C14H15N3. The predicted octanol–water partition coefficient (Wildman–Crippen LogP) is 1.46. The summed E-state index contributed by atoms with van der Waals surface area (Å²) in [5, 5.41) is 4.34. The lowest BCUT2D eigenvalue weighted by molar-refractivity contribution is 0.585. The van der Waals surface area contributed by atoms with Gasteiger partial charge in [-0.05, 0) is 11.6 Å². The van der Waals surface area contributed by atoms with Gasteiger partial charge in [0.1, 0.15) is 0 Å². The van der Waals surface area contributed by atoms with Crippen LogP contribution in [0.2, 0.25) is 0 Å². The quantitative estimate of drug-likeness (QED) is 0.774. The van der Waals surface area contributed by atoms with Crippen molar-refractivity contribution in [2.75, 3.05) is 13.1 Å². The van der Waals surface area contributed by atoms with E-state index in [1.165, 1.54) is 0 Å². The molecule has 0 aliphatic heterocycles. The Morgan fingerprint density at radius 1 is 1.35 bits per heavy atom. The van der Waals surface area contributed by atoms with Gasteiger partial charge in [-0.15, -0.1) is 6.42 Å². The number of hydrogen-bond acceptors (Lipinski definition) is 3. The first kappa shape index (κ1) is 11.6. The first-order valence-electron chi connectivity index (χ1n) is 5.57. The molecule has 2 aromatic rings. The Morgan fingerprint density at radius 3 is 2.94 bits per heavy atom. The number of aromatic nitrogens is 1. The summed E-state index contributed by atoms with van der Waals surface area (Å²) in [5.41, 5.74) is 7.86. The van der Waals surface area contributed by atoms with Crippen LogP contribution in [-0.2, 0) is 0 Å². The van der Waals surface area contributed by atoms with Gasteiger partial charge in [0.25, 0.3) is 0 Å². The van der Waals surface area contributed by atoms with Crippen LogP contribution >= 0.6 is 0 Å². The van der Waals surface area contributed by atoms with Crippen LogP contribution in [0.1, 0.15) is 11.6 Å². The second-order valence-electron chi connectivity index (χ2n) is 3.80. The third kappa shape index (κ3) is 2.44. The average molecular weight is 225 g/mol. The fourth-order valence-electron chi connectivity index (χ4n) is 1.91. The van der Waals surface area contributed by atoms with E-state index in [4.69, 9.17) is 12.2 Å². The Labute approximate surface area is 101 Å². The molecule has 1 aromatic heterocycles. The van der Waals surface area contributed by atoms with Crippen molar-refractivity contribution < 1.29 is 0 Å². The molecule has 0 spiro atoms. The number of nitrogens with two attached hydrogens (primary N) is 1. The number of terminal acetylenes is 1. The third-order valence-electron chi connectivity index (χ3n) is 2.73. The normalized spacial score (nSPS) is 12.2. The van der Waals surface area contributed by atoms with Crippen molar-refractivity contribution in [3.05, 3.63) is 42.1 Å². The van der Waals surface area contributed by atoms with Crippen molar-refractivity contribution in [1.82, 2.24) is 10.3 Å². The minimum Gasteiger partial charge on any atom is -0.329 e. The van der Waals surface area contributed by atoms with E-state index in [0.717, 1.165) is 16.5 Å². The Hall–Kier alpha value is -1.89. The van der Waals surface area contributed by atoms with Crippen molar-refractivity contribution in [2.24, 2.45) is 5.73 Å². The summed E-state index contributed by atoms with van der Waals surface area (Å²) in [7, 11) is 0. The summed E-state index contributed by atoms with van der Waals surface area (Å²) >= 11 is 0. The van der Waals surface area contributed by atoms with Gasteiger partial charge in [0, 0.05) is 24.2 Å². The number of nitrogens with zero attached hydrogens (tertiary/aromatic N) is 1. The molecule has 0 bridgehead atoms. The van der Waals surface area contributed by atoms with E-state index in [9.17, 15) is 0 Å². The molecule has 2 rings (SSSR count). The van der Waals surface area contributed by atoms with E-state index in [1.807, 2.05) is 30.3 Å². The maximum absolute atomic E-state index is 5.78. The molecule has 1 heterocycles. The molecule has 0 fully saturated rings.